The molecule has 0 aromatic rings. The molecule has 4 N–H and O–H groups in total. The number of hydrogen-bond acceptors (Lipinski definition) is 7. The van der Waals surface area contributed by atoms with Crippen LogP contribution < -0.4 is 10.6 Å². The lowest BCUT2D eigenvalue weighted by molar-refractivity contribution is -0.121. The summed E-state index contributed by atoms with van der Waals surface area (Å²) in [5, 5.41) is 25.5. The molecule has 0 saturated carbocycles. The number of ether oxygens (including phenoxy) is 1. The number of hydrogen-bond donors (Lipinski definition) is 4. The number of Topliss-reactive ketones (excluding diaryl/α,β-unsaturated/α-hetero) is 2. The van der Waals surface area contributed by atoms with Gasteiger partial charge >= 0.3 is 0 Å². The fourth-order valence-electron chi connectivity index (χ4n) is 4.37. The Morgan fingerprint density at radius 3 is 2.51 bits per heavy atom. The number of carbonyl (C=O) groups excluding carboxylic acids is 4. The number of epoxide rings is 1. The quantitative estimate of drug-likeness (QED) is 0.170. The van der Waals surface area contributed by atoms with Gasteiger partial charge < -0.3 is 25.6 Å². The summed E-state index contributed by atoms with van der Waals surface area (Å²) in [4.78, 5) is 48.5. The lowest BCUT2D eigenvalue weighted by Gasteiger charge is -2.23. The van der Waals surface area contributed by atoms with Crippen molar-refractivity contribution in [2.24, 2.45) is 5.92 Å². The fraction of sp³-hybridized carbons (Fsp3) is 0.400. The number of aliphatic hydroxyl groups excluding tert-OH is 1. The topological polar surface area (TPSA) is 145 Å². The first-order valence-electron chi connectivity index (χ1n) is 13.1. The zero-order valence-electron chi connectivity index (χ0n) is 22.5. The molecule has 0 aromatic heterocycles. The van der Waals surface area contributed by atoms with Gasteiger partial charge in [-0.15, -0.1) is 0 Å². The van der Waals surface area contributed by atoms with Gasteiger partial charge in [-0.25, -0.2) is 0 Å². The van der Waals surface area contributed by atoms with Crippen LogP contribution in [0.15, 0.2) is 83.5 Å². The molecule has 2 aliphatic carbocycles. The molecule has 39 heavy (non-hydrogen) atoms. The molecule has 0 unspecified atom stereocenters. The minimum absolute atomic E-state index is 0.0342. The highest BCUT2D eigenvalue weighted by Gasteiger charge is 2.59. The third-order valence-electron chi connectivity index (χ3n) is 6.51. The second kappa shape index (κ2) is 13.3. The summed E-state index contributed by atoms with van der Waals surface area (Å²) >= 11 is 0. The molecular formula is C30H36N2O7. The van der Waals surface area contributed by atoms with Crippen molar-refractivity contribution in [2.75, 3.05) is 0 Å². The molecule has 1 heterocycles. The Bertz CT molecular complexity index is 1220. The standard InChI is InChI=1S/C30H36N2O7/c1-4-5-10-19(2)17-20(3)12-15-25(36)31-21-18-30(38,29-28(39-29)27(21)37)16-9-7-6-8-11-24(35)32-26-22(33)13-14-23(26)34/h6-9,11-12,15-19,28-29,33,38H,4-5,10,13-14H2,1-3H3,(H,31,36)(H,32,35)/b7-6+,11-8+,15-12+,16-9+,20-17+/t19-,28-,29-,30+/m1/s1. The van der Waals surface area contributed by atoms with Crippen molar-refractivity contribution in [1.29, 1.82) is 0 Å². The van der Waals surface area contributed by atoms with Crippen molar-refractivity contribution < 1.29 is 34.1 Å². The number of unbranched alkanes of at least 4 members (excludes halogenated alkanes) is 1. The van der Waals surface area contributed by atoms with E-state index in [4.69, 9.17) is 4.74 Å². The highest BCUT2D eigenvalue weighted by Crippen LogP contribution is 2.40. The smallest absolute Gasteiger partial charge is 0.248 e. The van der Waals surface area contributed by atoms with Gasteiger partial charge in [0.25, 0.3) is 0 Å². The number of ketones is 2. The summed E-state index contributed by atoms with van der Waals surface area (Å²) < 4.78 is 5.36. The summed E-state index contributed by atoms with van der Waals surface area (Å²) in [6.07, 6.45) is 17.2. The maximum atomic E-state index is 12.5. The van der Waals surface area contributed by atoms with E-state index in [1.165, 1.54) is 42.5 Å². The van der Waals surface area contributed by atoms with E-state index in [9.17, 15) is 29.4 Å². The minimum atomic E-state index is -1.60. The summed E-state index contributed by atoms with van der Waals surface area (Å²) in [5.41, 5.74) is -0.764. The molecule has 0 bridgehead atoms. The molecule has 9 heteroatoms. The molecule has 208 valence electrons. The summed E-state index contributed by atoms with van der Waals surface area (Å²) in [6, 6.07) is 0. The van der Waals surface area contributed by atoms with Crippen LogP contribution >= 0.6 is 0 Å². The van der Waals surface area contributed by atoms with Crippen LogP contribution in [0.4, 0.5) is 0 Å². The van der Waals surface area contributed by atoms with E-state index in [0.717, 1.165) is 24.8 Å². The molecule has 3 rings (SSSR count). The highest BCUT2D eigenvalue weighted by atomic mass is 16.6. The van der Waals surface area contributed by atoms with E-state index in [2.05, 4.69) is 30.6 Å². The minimum Gasteiger partial charge on any atom is -0.510 e. The fourth-order valence-corrected chi connectivity index (χ4v) is 4.37. The first kappa shape index (κ1) is 29.7. The van der Waals surface area contributed by atoms with Gasteiger partial charge in [0, 0.05) is 25.0 Å². The third-order valence-corrected chi connectivity index (χ3v) is 6.51. The number of amides is 2. The van der Waals surface area contributed by atoms with Crippen LogP contribution in [-0.2, 0) is 23.9 Å². The summed E-state index contributed by atoms with van der Waals surface area (Å²) in [6.45, 7) is 6.19. The van der Waals surface area contributed by atoms with Crippen molar-refractivity contribution in [3.8, 4) is 0 Å². The molecule has 1 saturated heterocycles. The maximum absolute atomic E-state index is 12.5. The molecule has 0 radical (unpaired) electrons. The van der Waals surface area contributed by atoms with Crippen LogP contribution in [0.5, 0.6) is 0 Å². The maximum Gasteiger partial charge on any atom is 0.248 e. The van der Waals surface area contributed by atoms with Crippen LogP contribution in [0, 0.1) is 5.92 Å². The molecule has 4 atom stereocenters. The van der Waals surface area contributed by atoms with Gasteiger partial charge in [-0.1, -0.05) is 68.7 Å². The lowest BCUT2D eigenvalue weighted by Crippen LogP contribution is -2.42. The van der Waals surface area contributed by atoms with E-state index >= 15 is 0 Å². The lowest BCUT2D eigenvalue weighted by atomic mass is 9.88. The van der Waals surface area contributed by atoms with Crippen molar-refractivity contribution in [2.45, 2.75) is 70.7 Å². The number of allylic oxidation sites excluding steroid dienone is 9. The largest absolute Gasteiger partial charge is 0.510 e. The Morgan fingerprint density at radius 1 is 1.10 bits per heavy atom. The van der Waals surface area contributed by atoms with E-state index in [1.807, 2.05) is 6.92 Å². The van der Waals surface area contributed by atoms with Crippen molar-refractivity contribution >= 4 is 23.4 Å². The SMILES string of the molecule is CCCC[C@@H](C)/C=C(C)/C=C/C(=O)NC1=C[C@@](O)(/C=C/C=C/C=C/C(=O)NC2=C(O)CCC2=O)[C@@H]2O[C@@H]2C1=O. The number of rotatable bonds is 12. The zero-order chi connectivity index (χ0) is 28.6. The molecular weight excluding hydrogens is 500 g/mol. The zero-order valence-corrected chi connectivity index (χ0v) is 22.5. The van der Waals surface area contributed by atoms with Gasteiger partial charge in [-0.05, 0) is 31.4 Å². The summed E-state index contributed by atoms with van der Waals surface area (Å²) in [5.74, 6) is -1.48. The molecule has 1 aliphatic heterocycles. The monoisotopic (exact) mass is 536 g/mol. The molecule has 2 amide bonds. The van der Waals surface area contributed by atoms with E-state index in [-0.39, 0.29) is 35.8 Å². The molecule has 1 fully saturated rings. The second-order valence-electron chi connectivity index (χ2n) is 9.98. The molecule has 0 spiro atoms. The normalized spacial score (nSPS) is 26.2. The Balaban J connectivity index is 1.56. The van der Waals surface area contributed by atoms with Crippen LogP contribution in [0.1, 0.15) is 52.9 Å². The number of aliphatic hydroxyl groups is 2. The number of fused-ring (bicyclic) bond motifs is 1. The predicted molar refractivity (Wildman–Crippen MR) is 146 cm³/mol. The van der Waals surface area contributed by atoms with E-state index < -0.39 is 35.4 Å². The van der Waals surface area contributed by atoms with E-state index in [0.29, 0.717) is 5.92 Å². The van der Waals surface area contributed by atoms with Crippen molar-refractivity contribution in [1.82, 2.24) is 10.6 Å². The van der Waals surface area contributed by atoms with Gasteiger partial charge in [0.1, 0.15) is 23.2 Å². The first-order chi connectivity index (χ1) is 18.5. The van der Waals surface area contributed by atoms with Crippen molar-refractivity contribution in [3.05, 3.63) is 83.5 Å². The Morgan fingerprint density at radius 2 is 1.82 bits per heavy atom. The summed E-state index contributed by atoms with van der Waals surface area (Å²) in [7, 11) is 0. The van der Waals surface area contributed by atoms with Crippen LogP contribution in [0.25, 0.3) is 0 Å². The van der Waals surface area contributed by atoms with Gasteiger partial charge in [-0.2, -0.15) is 0 Å². The van der Waals surface area contributed by atoms with Gasteiger partial charge in [0.15, 0.2) is 11.9 Å². The highest BCUT2D eigenvalue weighted by molar-refractivity contribution is 6.06. The predicted octanol–water partition coefficient (Wildman–Crippen LogP) is 3.31. The van der Waals surface area contributed by atoms with Gasteiger partial charge in [-0.3, -0.25) is 19.2 Å². The van der Waals surface area contributed by atoms with Crippen LogP contribution in [0.2, 0.25) is 0 Å². The average molecular weight is 537 g/mol. The molecule has 0 aromatic carbocycles. The first-order valence-corrected chi connectivity index (χ1v) is 13.1. The average Bonchev–Trinajstić information content (AvgIpc) is 3.65. The molecule has 9 nitrogen and oxygen atoms in total. The number of carbonyl (C=O) groups is 4. The third kappa shape index (κ3) is 8.33. The Hall–Kier alpha value is -3.82. The van der Waals surface area contributed by atoms with Gasteiger partial charge in [0.05, 0.1) is 5.70 Å². The molecule has 3 aliphatic rings. The Kier molecular flexibility index (Phi) is 10.1. The van der Waals surface area contributed by atoms with Crippen molar-refractivity contribution in [3.63, 3.8) is 0 Å². The van der Waals surface area contributed by atoms with Gasteiger partial charge in [0.2, 0.25) is 17.6 Å². The van der Waals surface area contributed by atoms with Crippen LogP contribution in [-0.4, -0.2) is 51.4 Å². The second-order valence-corrected chi connectivity index (χ2v) is 9.98. The van der Waals surface area contributed by atoms with E-state index in [1.54, 1.807) is 12.2 Å². The Labute approximate surface area is 228 Å². The van der Waals surface area contributed by atoms with Crippen LogP contribution in [0.3, 0.4) is 0 Å². The number of nitrogens with one attached hydrogen (secondary N) is 2.